The van der Waals surface area contributed by atoms with Crippen molar-refractivity contribution >= 4 is 35.2 Å². The summed E-state index contributed by atoms with van der Waals surface area (Å²) in [5.41, 5.74) is 2.52. The molecule has 0 aliphatic heterocycles. The van der Waals surface area contributed by atoms with Crippen LogP contribution in [0.3, 0.4) is 0 Å². The Labute approximate surface area is 163 Å². The number of hydrogen-bond donors (Lipinski definition) is 4. The molecule has 0 fully saturated rings. The number of fused-ring (bicyclic) bond motifs is 1. The van der Waals surface area contributed by atoms with Crippen LogP contribution in [-0.2, 0) is 4.79 Å². The van der Waals surface area contributed by atoms with E-state index in [1.807, 2.05) is 49.4 Å². The van der Waals surface area contributed by atoms with E-state index in [1.54, 1.807) is 13.2 Å². The minimum absolute atomic E-state index is 0.0671. The fraction of sp³-hybridized carbons (Fsp3) is 0.200. The highest BCUT2D eigenvalue weighted by atomic mass is 16.1. The molecule has 0 saturated heterocycles. The summed E-state index contributed by atoms with van der Waals surface area (Å²) in [6, 6.07) is 5.83. The topological polar surface area (TPSA) is 107 Å². The summed E-state index contributed by atoms with van der Waals surface area (Å²) < 4.78 is 0. The van der Waals surface area contributed by atoms with Gasteiger partial charge in [0.1, 0.15) is 5.82 Å². The van der Waals surface area contributed by atoms with Crippen LogP contribution in [0.2, 0.25) is 0 Å². The van der Waals surface area contributed by atoms with Gasteiger partial charge in [-0.2, -0.15) is 10.1 Å². The van der Waals surface area contributed by atoms with Crippen molar-refractivity contribution in [2.75, 3.05) is 12.4 Å². The van der Waals surface area contributed by atoms with Gasteiger partial charge in [-0.05, 0) is 44.3 Å². The van der Waals surface area contributed by atoms with E-state index >= 15 is 0 Å². The second-order valence-electron chi connectivity index (χ2n) is 6.11. The number of aromatic nitrogens is 2. The molecule has 0 radical (unpaired) electrons. The van der Waals surface area contributed by atoms with Crippen LogP contribution in [0.4, 0.5) is 5.69 Å². The van der Waals surface area contributed by atoms with E-state index in [9.17, 15) is 4.79 Å². The van der Waals surface area contributed by atoms with E-state index in [1.165, 1.54) is 0 Å². The molecule has 8 nitrogen and oxygen atoms in total. The maximum atomic E-state index is 12.1. The lowest BCUT2D eigenvalue weighted by molar-refractivity contribution is -0.123. The van der Waals surface area contributed by atoms with Gasteiger partial charge in [-0.3, -0.25) is 9.89 Å². The molecule has 1 aromatic carbocycles. The standard InChI is InChI=1S/C20H23N7O/c1-4-18(24-16-10-7-11-17-14(16)12-23-27-17)26-20(22-3)25-15-9-6-5-8-13(15)19(28)21-2/h4-7,9-13,24H,3,8H2,1-2H3,(H,21,28)(H,23,27)(H,25,26)/b18-4-. The van der Waals surface area contributed by atoms with Gasteiger partial charge in [-0.1, -0.05) is 18.2 Å². The number of aromatic amines is 1. The molecule has 1 unspecified atom stereocenters. The molecule has 8 heteroatoms. The molecule has 0 bridgehead atoms. The number of guanidine groups is 1. The zero-order valence-corrected chi connectivity index (χ0v) is 15.9. The van der Waals surface area contributed by atoms with E-state index in [-0.39, 0.29) is 11.8 Å². The number of carbonyl (C=O) groups excluding carboxylic acids is 1. The number of aliphatic imine (C=N–C) groups is 2. The Hall–Kier alpha value is -3.68. The maximum Gasteiger partial charge on any atom is 0.229 e. The molecular formula is C20H23N7O. The third-order valence-corrected chi connectivity index (χ3v) is 4.38. The molecule has 2 aromatic rings. The van der Waals surface area contributed by atoms with Crippen molar-refractivity contribution in [1.82, 2.24) is 20.8 Å². The summed E-state index contributed by atoms with van der Waals surface area (Å²) in [6.45, 7) is 5.47. The lowest BCUT2D eigenvalue weighted by atomic mass is 9.96. The number of allylic oxidation sites excluding steroid dienone is 4. The van der Waals surface area contributed by atoms with Gasteiger partial charge in [-0.15, -0.1) is 0 Å². The van der Waals surface area contributed by atoms with E-state index in [2.05, 4.69) is 42.9 Å². The SMILES string of the molecule is C=N/C(=N\C(=C/C)Nc1cccc2[nH]ncc12)NC1=CC=CCC1C(=O)NC. The summed E-state index contributed by atoms with van der Waals surface area (Å²) in [6.07, 6.45) is 9.90. The van der Waals surface area contributed by atoms with Crippen LogP contribution in [0.25, 0.3) is 10.9 Å². The fourth-order valence-corrected chi connectivity index (χ4v) is 2.91. The second-order valence-corrected chi connectivity index (χ2v) is 6.11. The van der Waals surface area contributed by atoms with Crippen molar-refractivity contribution in [3.63, 3.8) is 0 Å². The van der Waals surface area contributed by atoms with Crippen molar-refractivity contribution in [1.29, 1.82) is 0 Å². The summed E-state index contributed by atoms with van der Waals surface area (Å²) in [5, 5.41) is 17.1. The van der Waals surface area contributed by atoms with E-state index in [4.69, 9.17) is 0 Å². The first kappa shape index (κ1) is 19.1. The smallest absolute Gasteiger partial charge is 0.229 e. The minimum atomic E-state index is -0.316. The Bertz CT molecular complexity index is 997. The zero-order valence-electron chi connectivity index (χ0n) is 15.9. The number of carbonyl (C=O) groups is 1. The van der Waals surface area contributed by atoms with Crippen LogP contribution in [0.5, 0.6) is 0 Å². The summed E-state index contributed by atoms with van der Waals surface area (Å²) in [5.74, 6) is 0.508. The van der Waals surface area contributed by atoms with Crippen LogP contribution in [-0.4, -0.2) is 35.8 Å². The number of rotatable bonds is 5. The van der Waals surface area contributed by atoms with Crippen molar-refractivity contribution in [3.05, 3.63) is 60.2 Å². The summed E-state index contributed by atoms with van der Waals surface area (Å²) >= 11 is 0. The molecule has 0 saturated carbocycles. The molecule has 1 aromatic heterocycles. The number of H-pyrrole nitrogens is 1. The number of hydrogen-bond acceptors (Lipinski definition) is 4. The van der Waals surface area contributed by atoms with Gasteiger partial charge < -0.3 is 16.0 Å². The van der Waals surface area contributed by atoms with Crippen LogP contribution in [0.15, 0.2) is 70.2 Å². The lowest BCUT2D eigenvalue weighted by Gasteiger charge is -2.21. The Morgan fingerprint density at radius 1 is 1.39 bits per heavy atom. The first-order valence-electron chi connectivity index (χ1n) is 8.92. The molecule has 3 rings (SSSR count). The number of amides is 1. The monoisotopic (exact) mass is 377 g/mol. The molecule has 1 atom stereocenters. The Kier molecular flexibility index (Phi) is 6.01. The van der Waals surface area contributed by atoms with Crippen molar-refractivity contribution in [2.45, 2.75) is 13.3 Å². The predicted octanol–water partition coefficient (Wildman–Crippen LogP) is 2.69. The quantitative estimate of drug-likeness (QED) is 0.475. The highest BCUT2D eigenvalue weighted by Gasteiger charge is 2.23. The third-order valence-electron chi connectivity index (χ3n) is 4.38. The largest absolute Gasteiger partial charge is 0.359 e. The number of nitrogens with one attached hydrogen (secondary N) is 4. The molecule has 28 heavy (non-hydrogen) atoms. The Morgan fingerprint density at radius 3 is 3.00 bits per heavy atom. The fourth-order valence-electron chi connectivity index (χ4n) is 2.91. The van der Waals surface area contributed by atoms with Crippen LogP contribution in [0.1, 0.15) is 13.3 Å². The van der Waals surface area contributed by atoms with Crippen molar-refractivity contribution in [2.24, 2.45) is 15.9 Å². The Morgan fingerprint density at radius 2 is 2.25 bits per heavy atom. The number of anilines is 1. The average molecular weight is 377 g/mol. The summed E-state index contributed by atoms with van der Waals surface area (Å²) in [7, 11) is 1.62. The molecule has 1 aliphatic carbocycles. The van der Waals surface area contributed by atoms with Gasteiger partial charge >= 0.3 is 0 Å². The Balaban J connectivity index is 1.81. The van der Waals surface area contributed by atoms with Gasteiger partial charge in [0, 0.05) is 18.1 Å². The molecule has 1 heterocycles. The lowest BCUT2D eigenvalue weighted by Crippen LogP contribution is -2.36. The average Bonchev–Trinajstić information content (AvgIpc) is 3.22. The van der Waals surface area contributed by atoms with Gasteiger partial charge in [0.15, 0.2) is 0 Å². The van der Waals surface area contributed by atoms with Gasteiger partial charge in [0.25, 0.3) is 0 Å². The number of nitrogens with zero attached hydrogens (tertiary/aromatic N) is 3. The molecular weight excluding hydrogens is 354 g/mol. The number of benzene rings is 1. The highest BCUT2D eigenvalue weighted by Crippen LogP contribution is 2.23. The van der Waals surface area contributed by atoms with Crippen molar-refractivity contribution < 1.29 is 4.79 Å². The van der Waals surface area contributed by atoms with E-state index in [0.717, 1.165) is 22.3 Å². The summed E-state index contributed by atoms with van der Waals surface area (Å²) in [4.78, 5) is 20.6. The third kappa shape index (κ3) is 4.17. The molecule has 1 amide bonds. The highest BCUT2D eigenvalue weighted by molar-refractivity contribution is 5.92. The normalized spacial score (nSPS) is 17.2. The first-order valence-corrected chi connectivity index (χ1v) is 8.92. The molecule has 144 valence electrons. The van der Waals surface area contributed by atoms with E-state index in [0.29, 0.717) is 18.2 Å². The van der Waals surface area contributed by atoms with Crippen molar-refractivity contribution in [3.8, 4) is 0 Å². The predicted molar refractivity (Wildman–Crippen MR) is 113 cm³/mol. The van der Waals surface area contributed by atoms with Gasteiger partial charge in [-0.25, -0.2) is 4.99 Å². The first-order chi connectivity index (χ1) is 13.7. The molecule has 4 N–H and O–H groups in total. The van der Waals surface area contributed by atoms with Crippen LogP contribution >= 0.6 is 0 Å². The van der Waals surface area contributed by atoms with E-state index < -0.39 is 0 Å². The maximum absolute atomic E-state index is 12.1. The van der Waals surface area contributed by atoms with Crippen LogP contribution in [0, 0.1) is 5.92 Å². The van der Waals surface area contributed by atoms with Crippen LogP contribution < -0.4 is 16.0 Å². The second kappa shape index (κ2) is 8.81. The molecule has 0 spiro atoms. The minimum Gasteiger partial charge on any atom is -0.359 e. The van der Waals surface area contributed by atoms with Gasteiger partial charge in [0.05, 0.1) is 23.3 Å². The molecule has 1 aliphatic rings. The zero-order chi connectivity index (χ0) is 19.9. The van der Waals surface area contributed by atoms with Gasteiger partial charge in [0.2, 0.25) is 11.9 Å².